The van der Waals surface area contributed by atoms with Crippen LogP contribution in [0.2, 0.25) is 5.02 Å². The summed E-state index contributed by atoms with van der Waals surface area (Å²) in [5.41, 5.74) is 3.62. The molecular formula is C21H18ClN5O. The highest BCUT2D eigenvalue weighted by atomic mass is 35.5. The Balaban J connectivity index is 1.59. The van der Waals surface area contributed by atoms with Crippen molar-refractivity contribution in [2.75, 3.05) is 0 Å². The van der Waals surface area contributed by atoms with E-state index < -0.39 is 0 Å². The first kappa shape index (κ1) is 18.1. The second-order valence-corrected chi connectivity index (χ2v) is 6.69. The van der Waals surface area contributed by atoms with Gasteiger partial charge in [-0.25, -0.2) is 4.68 Å². The van der Waals surface area contributed by atoms with Crippen LogP contribution < -0.4 is 4.74 Å². The monoisotopic (exact) mass is 391 g/mol. The van der Waals surface area contributed by atoms with E-state index in [4.69, 9.17) is 16.3 Å². The van der Waals surface area contributed by atoms with E-state index in [-0.39, 0.29) is 0 Å². The molecular weight excluding hydrogens is 374 g/mol. The highest BCUT2D eigenvalue weighted by Crippen LogP contribution is 2.29. The third kappa shape index (κ3) is 3.87. The van der Waals surface area contributed by atoms with Crippen LogP contribution in [0.25, 0.3) is 11.4 Å². The Hall–Kier alpha value is -3.25. The van der Waals surface area contributed by atoms with Crippen molar-refractivity contribution in [3.05, 3.63) is 88.7 Å². The summed E-state index contributed by atoms with van der Waals surface area (Å²) in [6.07, 6.45) is 1.75. The molecule has 2 aromatic carbocycles. The molecule has 0 fully saturated rings. The Labute approximate surface area is 167 Å². The lowest BCUT2D eigenvalue weighted by Crippen LogP contribution is -2.07. The molecule has 0 atom stereocenters. The van der Waals surface area contributed by atoms with Gasteiger partial charge in [0.1, 0.15) is 12.4 Å². The molecule has 0 amide bonds. The van der Waals surface area contributed by atoms with Crippen LogP contribution in [-0.2, 0) is 13.2 Å². The van der Waals surface area contributed by atoms with Gasteiger partial charge >= 0.3 is 0 Å². The van der Waals surface area contributed by atoms with Gasteiger partial charge in [-0.05, 0) is 47.2 Å². The number of benzene rings is 2. The fraction of sp³-hybridized carbons (Fsp3) is 0.143. The number of pyridine rings is 1. The molecule has 4 aromatic rings. The first-order chi connectivity index (χ1) is 13.7. The minimum atomic E-state index is 0.393. The Morgan fingerprint density at radius 2 is 1.86 bits per heavy atom. The smallest absolute Gasteiger partial charge is 0.183 e. The average Bonchev–Trinajstić information content (AvgIpc) is 3.18. The lowest BCUT2D eigenvalue weighted by molar-refractivity contribution is 0.297. The van der Waals surface area contributed by atoms with E-state index in [1.165, 1.54) is 0 Å². The third-order valence-corrected chi connectivity index (χ3v) is 4.86. The largest absolute Gasteiger partial charge is 0.487 e. The van der Waals surface area contributed by atoms with Crippen LogP contribution in [0.3, 0.4) is 0 Å². The maximum Gasteiger partial charge on any atom is 0.183 e. The van der Waals surface area contributed by atoms with Crippen LogP contribution in [0, 0.1) is 6.92 Å². The number of aromatic nitrogens is 5. The van der Waals surface area contributed by atoms with E-state index in [1.807, 2.05) is 67.6 Å². The Bertz CT molecular complexity index is 1080. The molecule has 7 heteroatoms. The fourth-order valence-electron chi connectivity index (χ4n) is 2.90. The number of para-hydroxylation sites is 1. The summed E-state index contributed by atoms with van der Waals surface area (Å²) in [6.45, 7) is 2.82. The van der Waals surface area contributed by atoms with Gasteiger partial charge in [-0.1, -0.05) is 48.0 Å². The van der Waals surface area contributed by atoms with Crippen molar-refractivity contribution in [3.63, 3.8) is 0 Å². The first-order valence-corrected chi connectivity index (χ1v) is 9.22. The van der Waals surface area contributed by atoms with Crippen molar-refractivity contribution in [3.8, 4) is 17.1 Å². The van der Waals surface area contributed by atoms with Gasteiger partial charge in [-0.3, -0.25) is 4.98 Å². The standard InChI is InChI=1S/C21H18ClN5O/c1-15-7-6-10-18(20(15)22)21-24-25-26-27(21)13-16-8-2-3-11-19(16)28-14-17-9-4-5-12-23-17/h2-12H,13-14H2,1H3. The van der Waals surface area contributed by atoms with Crippen molar-refractivity contribution in [1.82, 2.24) is 25.2 Å². The molecule has 0 spiro atoms. The zero-order valence-corrected chi connectivity index (χ0v) is 16.0. The van der Waals surface area contributed by atoms with E-state index in [0.717, 1.165) is 28.1 Å². The highest BCUT2D eigenvalue weighted by Gasteiger charge is 2.15. The van der Waals surface area contributed by atoms with Gasteiger partial charge in [0.15, 0.2) is 5.82 Å². The first-order valence-electron chi connectivity index (χ1n) is 8.84. The Morgan fingerprint density at radius 3 is 2.71 bits per heavy atom. The topological polar surface area (TPSA) is 65.7 Å². The molecule has 0 radical (unpaired) electrons. The zero-order valence-electron chi connectivity index (χ0n) is 15.3. The van der Waals surface area contributed by atoms with Crippen LogP contribution in [0.1, 0.15) is 16.8 Å². The van der Waals surface area contributed by atoms with E-state index in [9.17, 15) is 0 Å². The maximum absolute atomic E-state index is 6.47. The minimum absolute atomic E-state index is 0.393. The fourth-order valence-corrected chi connectivity index (χ4v) is 3.11. The van der Waals surface area contributed by atoms with Crippen LogP contribution >= 0.6 is 11.6 Å². The van der Waals surface area contributed by atoms with E-state index in [1.54, 1.807) is 10.9 Å². The summed E-state index contributed by atoms with van der Waals surface area (Å²) in [5, 5.41) is 12.8. The third-order valence-electron chi connectivity index (χ3n) is 4.36. The van der Waals surface area contributed by atoms with Crippen molar-refractivity contribution in [1.29, 1.82) is 0 Å². The molecule has 4 rings (SSSR count). The van der Waals surface area contributed by atoms with Crippen LogP contribution in [0.4, 0.5) is 0 Å². The van der Waals surface area contributed by atoms with Gasteiger partial charge in [-0.15, -0.1) is 5.10 Å². The number of rotatable bonds is 6. The molecule has 2 heterocycles. The second kappa shape index (κ2) is 8.19. The summed E-state index contributed by atoms with van der Waals surface area (Å²) < 4.78 is 7.72. The number of tetrazole rings is 1. The predicted octanol–water partition coefficient (Wildman–Crippen LogP) is 4.32. The quantitative estimate of drug-likeness (QED) is 0.489. The van der Waals surface area contributed by atoms with Crippen molar-refractivity contribution in [2.45, 2.75) is 20.1 Å². The summed E-state index contributed by atoms with van der Waals surface area (Å²) in [5.74, 6) is 1.39. The van der Waals surface area contributed by atoms with Gasteiger partial charge in [-0.2, -0.15) is 0 Å². The van der Waals surface area contributed by atoms with E-state index >= 15 is 0 Å². The van der Waals surface area contributed by atoms with Gasteiger partial charge < -0.3 is 4.74 Å². The molecule has 0 aliphatic heterocycles. The van der Waals surface area contributed by atoms with Crippen LogP contribution in [0.5, 0.6) is 5.75 Å². The van der Waals surface area contributed by atoms with Gasteiger partial charge in [0.2, 0.25) is 0 Å². The van der Waals surface area contributed by atoms with Gasteiger partial charge in [0.05, 0.1) is 17.3 Å². The molecule has 140 valence electrons. The van der Waals surface area contributed by atoms with Crippen LogP contribution in [-0.4, -0.2) is 25.2 Å². The lowest BCUT2D eigenvalue weighted by atomic mass is 10.1. The lowest BCUT2D eigenvalue weighted by Gasteiger charge is -2.12. The number of hydrogen-bond acceptors (Lipinski definition) is 5. The number of hydrogen-bond donors (Lipinski definition) is 0. The molecule has 6 nitrogen and oxygen atoms in total. The predicted molar refractivity (Wildman–Crippen MR) is 107 cm³/mol. The molecule has 0 unspecified atom stereocenters. The minimum Gasteiger partial charge on any atom is -0.487 e. The van der Waals surface area contributed by atoms with Crippen LogP contribution in [0.15, 0.2) is 66.9 Å². The number of nitrogens with zero attached hydrogens (tertiary/aromatic N) is 5. The summed E-state index contributed by atoms with van der Waals surface area (Å²) in [6, 6.07) is 19.4. The Kier molecular flexibility index (Phi) is 5.30. The molecule has 0 saturated carbocycles. The number of halogens is 1. The Morgan fingerprint density at radius 1 is 1.00 bits per heavy atom. The molecule has 0 aliphatic carbocycles. The van der Waals surface area contributed by atoms with Crippen molar-refractivity contribution < 1.29 is 4.74 Å². The molecule has 0 bridgehead atoms. The molecule has 0 saturated heterocycles. The van der Waals surface area contributed by atoms with E-state index in [2.05, 4.69) is 20.5 Å². The molecule has 0 aliphatic rings. The van der Waals surface area contributed by atoms with E-state index in [0.29, 0.717) is 24.0 Å². The molecule has 28 heavy (non-hydrogen) atoms. The van der Waals surface area contributed by atoms with Crippen molar-refractivity contribution in [2.24, 2.45) is 0 Å². The molecule has 2 aromatic heterocycles. The van der Waals surface area contributed by atoms with Gasteiger partial charge in [0, 0.05) is 17.3 Å². The number of aryl methyl sites for hydroxylation is 1. The SMILES string of the molecule is Cc1cccc(-c2nnnn2Cc2ccccc2OCc2ccccn2)c1Cl. The normalized spacial score (nSPS) is 10.8. The zero-order chi connectivity index (χ0) is 19.3. The maximum atomic E-state index is 6.47. The second-order valence-electron chi connectivity index (χ2n) is 6.31. The number of ether oxygens (including phenoxy) is 1. The summed E-state index contributed by atoms with van der Waals surface area (Å²) >= 11 is 6.47. The average molecular weight is 392 g/mol. The summed E-state index contributed by atoms with van der Waals surface area (Å²) in [7, 11) is 0. The molecule has 0 N–H and O–H groups in total. The highest BCUT2D eigenvalue weighted by molar-refractivity contribution is 6.33. The van der Waals surface area contributed by atoms with Crippen molar-refractivity contribution >= 4 is 11.6 Å². The van der Waals surface area contributed by atoms with Gasteiger partial charge in [0.25, 0.3) is 0 Å². The summed E-state index contributed by atoms with van der Waals surface area (Å²) in [4.78, 5) is 4.29.